The molecule has 2 aromatic heterocycles. The lowest BCUT2D eigenvalue weighted by Crippen LogP contribution is -2.02. The lowest BCUT2D eigenvalue weighted by Gasteiger charge is -2.13. The van der Waals surface area contributed by atoms with E-state index in [4.69, 9.17) is 21.8 Å². The first kappa shape index (κ1) is 21.3. The third kappa shape index (κ3) is 4.71. The van der Waals surface area contributed by atoms with E-state index in [1.807, 2.05) is 114 Å². The fraction of sp³-hybridized carbons (Fsp3) is 0. The van der Waals surface area contributed by atoms with Crippen LogP contribution in [0.1, 0.15) is 12.4 Å². The second kappa shape index (κ2) is 11.0. The molecule has 0 N–H and O–H groups in total. The predicted octanol–water partition coefficient (Wildman–Crippen LogP) is 9.51. The van der Waals surface area contributed by atoms with Crippen molar-refractivity contribution >= 4 is 21.8 Å². The van der Waals surface area contributed by atoms with Crippen LogP contribution in [0.3, 0.4) is 0 Å². The van der Waals surface area contributed by atoms with Gasteiger partial charge in [-0.3, -0.25) is 0 Å². The van der Waals surface area contributed by atoms with E-state index in [1.165, 1.54) is 0 Å². The number of fused-ring (bicyclic) bond motifs is 3. The van der Waals surface area contributed by atoms with Crippen molar-refractivity contribution in [2.24, 2.45) is 0 Å². The highest BCUT2D eigenvalue weighted by Gasteiger charge is 2.18. The summed E-state index contributed by atoms with van der Waals surface area (Å²) >= 11 is 0. The molecule has 210 valence electrons. The third-order valence-electron chi connectivity index (χ3n) is 7.78. The van der Waals surface area contributed by atoms with Crippen molar-refractivity contribution in [3.05, 3.63) is 157 Å². The van der Waals surface area contributed by atoms with E-state index in [1.54, 1.807) is 12.1 Å². The summed E-state index contributed by atoms with van der Waals surface area (Å²) in [7, 11) is 0. The number of hydrogen-bond donors (Lipinski definition) is 0. The fourth-order valence-corrected chi connectivity index (χ4v) is 5.68. The van der Waals surface area contributed by atoms with Crippen molar-refractivity contribution in [3.8, 4) is 57.0 Å². The zero-order valence-electron chi connectivity index (χ0n) is 28.8. The Hall–Kier alpha value is -6.38. The summed E-state index contributed by atoms with van der Waals surface area (Å²) in [5, 5.41) is 12.4. The molecule has 45 heavy (non-hydrogen) atoms. The lowest BCUT2D eigenvalue weighted by molar-refractivity contribution is 1.07. The Balaban J connectivity index is 1.33. The first-order valence-electron chi connectivity index (χ1n) is 16.9. The van der Waals surface area contributed by atoms with E-state index in [2.05, 4.69) is 6.07 Å². The van der Waals surface area contributed by atoms with Gasteiger partial charge in [0.1, 0.15) is 6.07 Å². The zero-order chi connectivity index (χ0) is 34.5. The van der Waals surface area contributed by atoms with E-state index >= 15 is 0 Å². The number of hydrogen-bond acceptors (Lipinski definition) is 4. The minimum Gasteiger partial charge on any atom is -0.308 e. The summed E-state index contributed by atoms with van der Waals surface area (Å²) in [6.07, 6.45) is 0. The van der Waals surface area contributed by atoms with Crippen LogP contribution < -0.4 is 0 Å². The summed E-state index contributed by atoms with van der Waals surface area (Å²) < 4.78 is 43.6. The number of aromatic nitrogens is 4. The van der Waals surface area contributed by atoms with Crippen molar-refractivity contribution in [2.45, 2.75) is 0 Å². The van der Waals surface area contributed by atoms with Gasteiger partial charge in [-0.1, -0.05) is 121 Å². The minimum atomic E-state index is -0.442. The van der Waals surface area contributed by atoms with E-state index in [0.29, 0.717) is 39.9 Å². The molecule has 0 amide bonds. The Morgan fingerprint density at radius 2 is 1.09 bits per heavy atom. The summed E-state index contributed by atoms with van der Waals surface area (Å²) in [5.41, 5.74) is 5.46. The second-order valence-electron chi connectivity index (χ2n) is 10.5. The van der Waals surface area contributed by atoms with Crippen LogP contribution in [-0.4, -0.2) is 19.5 Å². The molecule has 6 aromatic carbocycles. The van der Waals surface area contributed by atoms with Crippen molar-refractivity contribution in [1.82, 2.24) is 19.5 Å². The molecule has 0 saturated heterocycles. The SMILES string of the molecule is [2H]c1c([2H])c([2H])c(-c2ccc3c4ccccc4n(-c4ccc(-c5nc(-c6ccccc6)nc(-c6ccccc6)n5)cc4C#N)c3c2)c([2H])c1[2H]. The topological polar surface area (TPSA) is 67.4 Å². The maximum Gasteiger partial charge on any atom is 0.164 e. The molecule has 0 saturated carbocycles. The highest BCUT2D eigenvalue weighted by molar-refractivity contribution is 6.10. The van der Waals surface area contributed by atoms with Gasteiger partial charge in [-0.15, -0.1) is 0 Å². The Morgan fingerprint density at radius 1 is 0.511 bits per heavy atom. The van der Waals surface area contributed by atoms with Crippen LogP contribution in [0.5, 0.6) is 0 Å². The molecule has 2 heterocycles. The molecule has 0 spiro atoms. The number of benzene rings is 6. The smallest absolute Gasteiger partial charge is 0.164 e. The van der Waals surface area contributed by atoms with E-state index in [0.717, 1.165) is 32.9 Å². The highest BCUT2D eigenvalue weighted by Crippen LogP contribution is 2.36. The average Bonchev–Trinajstić information content (AvgIpc) is 3.50. The summed E-state index contributed by atoms with van der Waals surface area (Å²) in [5.74, 6) is 1.45. The van der Waals surface area contributed by atoms with Crippen LogP contribution in [0.25, 0.3) is 72.8 Å². The van der Waals surface area contributed by atoms with Crippen molar-refractivity contribution in [3.63, 3.8) is 0 Å². The fourth-order valence-electron chi connectivity index (χ4n) is 5.68. The number of rotatable bonds is 5. The lowest BCUT2D eigenvalue weighted by atomic mass is 10.0. The average molecular weight is 581 g/mol. The van der Waals surface area contributed by atoms with Crippen LogP contribution in [0, 0.1) is 11.3 Å². The monoisotopic (exact) mass is 580 g/mol. The van der Waals surface area contributed by atoms with Crippen LogP contribution in [0.2, 0.25) is 0 Å². The Labute approximate surface area is 267 Å². The van der Waals surface area contributed by atoms with Gasteiger partial charge in [0.25, 0.3) is 0 Å². The summed E-state index contributed by atoms with van der Waals surface area (Å²) in [6, 6.07) is 38.8. The standard InChI is InChI=1S/C40H25N5/c41-26-32-24-31(40-43-38(28-14-6-2-7-15-28)42-39(44-40)29-16-8-3-9-17-29)21-23-35(32)45-36-19-11-10-18-33(36)34-22-20-30(25-37(34)45)27-12-4-1-5-13-27/h1-25H/i1D,4D,5D,12D,13D. The molecule has 0 aliphatic rings. The number of nitriles is 1. The second-order valence-corrected chi connectivity index (χ2v) is 10.5. The highest BCUT2D eigenvalue weighted by atomic mass is 15.0. The van der Waals surface area contributed by atoms with Gasteiger partial charge in [0.2, 0.25) is 0 Å². The van der Waals surface area contributed by atoms with E-state index in [9.17, 15) is 5.26 Å². The largest absolute Gasteiger partial charge is 0.308 e. The first-order chi connectivity index (χ1) is 24.3. The Morgan fingerprint density at radius 3 is 1.76 bits per heavy atom. The van der Waals surface area contributed by atoms with Crippen molar-refractivity contribution < 1.29 is 6.85 Å². The molecule has 8 aromatic rings. The van der Waals surface area contributed by atoms with Gasteiger partial charge < -0.3 is 4.57 Å². The molecule has 0 aliphatic heterocycles. The molecule has 0 radical (unpaired) electrons. The molecular weight excluding hydrogens is 550 g/mol. The molecule has 8 rings (SSSR count). The number of para-hydroxylation sites is 1. The van der Waals surface area contributed by atoms with Gasteiger partial charge in [-0.2, -0.15) is 5.26 Å². The molecule has 0 atom stereocenters. The van der Waals surface area contributed by atoms with Crippen LogP contribution in [-0.2, 0) is 0 Å². The quantitative estimate of drug-likeness (QED) is 0.203. The molecule has 0 fully saturated rings. The predicted molar refractivity (Wildman–Crippen MR) is 181 cm³/mol. The first-order valence-corrected chi connectivity index (χ1v) is 14.4. The Bertz CT molecular complexity index is 2580. The maximum absolute atomic E-state index is 10.6. The van der Waals surface area contributed by atoms with Crippen molar-refractivity contribution in [1.29, 1.82) is 5.26 Å². The number of nitrogens with zero attached hydrogens (tertiary/aromatic N) is 5. The van der Waals surface area contributed by atoms with E-state index < -0.39 is 18.1 Å². The van der Waals surface area contributed by atoms with Gasteiger partial charge in [-0.05, 0) is 41.5 Å². The summed E-state index contributed by atoms with van der Waals surface area (Å²) in [6.45, 7) is 0. The molecule has 0 bridgehead atoms. The van der Waals surface area contributed by atoms with Crippen molar-refractivity contribution in [2.75, 3.05) is 0 Å². The normalized spacial score (nSPS) is 12.6. The van der Waals surface area contributed by atoms with E-state index in [-0.39, 0.29) is 17.6 Å². The molecule has 5 heteroatoms. The maximum atomic E-state index is 10.6. The van der Waals surface area contributed by atoms with Crippen LogP contribution >= 0.6 is 0 Å². The minimum absolute atomic E-state index is 0.115. The molecule has 5 nitrogen and oxygen atoms in total. The Kier molecular flexibility index (Phi) is 5.23. The summed E-state index contributed by atoms with van der Waals surface area (Å²) in [4.78, 5) is 14.4. The molecule has 0 aliphatic carbocycles. The van der Waals surface area contributed by atoms with Gasteiger partial charge in [-0.25, -0.2) is 15.0 Å². The van der Waals surface area contributed by atoms with Crippen LogP contribution in [0.15, 0.2) is 152 Å². The van der Waals surface area contributed by atoms with Gasteiger partial charge in [0, 0.05) is 27.5 Å². The van der Waals surface area contributed by atoms with Gasteiger partial charge in [0.15, 0.2) is 17.5 Å². The zero-order valence-corrected chi connectivity index (χ0v) is 23.8. The third-order valence-corrected chi connectivity index (χ3v) is 7.78. The molecule has 0 unspecified atom stereocenters. The molecular formula is C40H25N5. The van der Waals surface area contributed by atoms with Gasteiger partial charge in [0.05, 0.1) is 29.1 Å². The van der Waals surface area contributed by atoms with Crippen LogP contribution in [0.4, 0.5) is 0 Å². The van der Waals surface area contributed by atoms with Gasteiger partial charge >= 0.3 is 0 Å².